The Morgan fingerprint density at radius 2 is 2.14 bits per heavy atom. The number of benzene rings is 1. The molecule has 0 radical (unpaired) electrons. The molecule has 9 heteroatoms. The maximum absolute atomic E-state index is 12.4. The number of piperidine rings is 1. The second-order valence-electron chi connectivity index (χ2n) is 4.70. The average molecular weight is 398 g/mol. The maximum atomic E-state index is 12.4. The van der Waals surface area contributed by atoms with Crippen molar-refractivity contribution < 1.29 is 18.3 Å². The minimum atomic E-state index is -3.92. The molecule has 2 N–H and O–H groups in total. The molecule has 1 atom stereocenters. The second-order valence-corrected chi connectivity index (χ2v) is 7.58. The monoisotopic (exact) mass is 396 g/mol. The second kappa shape index (κ2) is 6.51. The van der Waals surface area contributed by atoms with Gasteiger partial charge in [-0.25, -0.2) is 0 Å². The molecule has 0 aromatic heterocycles. The van der Waals surface area contributed by atoms with Crippen molar-refractivity contribution in [3.8, 4) is 0 Å². The first-order valence-corrected chi connectivity index (χ1v) is 8.90. The Kier molecular flexibility index (Phi) is 5.13. The Balaban J connectivity index is 2.23. The van der Waals surface area contributed by atoms with Gasteiger partial charge in [0.25, 0.3) is 0 Å². The topological polar surface area (TPSA) is 86.7 Å². The molecule has 0 bridgehead atoms. The molecule has 0 amide bonds. The molecule has 1 aromatic rings. The van der Waals surface area contributed by atoms with Gasteiger partial charge in [0, 0.05) is 11.0 Å². The third kappa shape index (κ3) is 3.88. The van der Waals surface area contributed by atoms with Gasteiger partial charge in [0.15, 0.2) is 0 Å². The van der Waals surface area contributed by atoms with Gasteiger partial charge < -0.3 is 5.11 Å². The van der Waals surface area contributed by atoms with E-state index in [4.69, 9.17) is 16.7 Å². The van der Waals surface area contributed by atoms with E-state index in [1.807, 2.05) is 0 Å². The minimum absolute atomic E-state index is 0.195. The summed E-state index contributed by atoms with van der Waals surface area (Å²) in [6.45, 7) is 0.195. The van der Waals surface area contributed by atoms with E-state index < -0.39 is 22.2 Å². The third-order valence-corrected chi connectivity index (χ3v) is 5.98. The zero-order valence-electron chi connectivity index (χ0n) is 10.9. The highest BCUT2D eigenvalue weighted by Gasteiger charge is 2.36. The van der Waals surface area contributed by atoms with Crippen LogP contribution in [-0.2, 0) is 15.0 Å². The highest BCUT2D eigenvalue weighted by atomic mass is 79.9. The molecular formula is C12H14BrClN2O4S. The highest BCUT2D eigenvalue weighted by Crippen LogP contribution is 2.27. The van der Waals surface area contributed by atoms with E-state index >= 15 is 0 Å². The standard InChI is InChI=1S/C12H14BrClN2O4S/c13-9-7-8(4-5-10(9)14)15-21(19,20)16-6-2-1-3-11(16)12(17)18/h4-5,7,11,15H,1-3,6H2,(H,17,18). The van der Waals surface area contributed by atoms with Crippen LogP contribution in [0.5, 0.6) is 0 Å². The molecule has 0 saturated carbocycles. The number of nitrogens with one attached hydrogen (secondary N) is 1. The van der Waals surface area contributed by atoms with Crippen LogP contribution in [0.25, 0.3) is 0 Å². The van der Waals surface area contributed by atoms with Crippen molar-refractivity contribution in [2.45, 2.75) is 25.3 Å². The van der Waals surface area contributed by atoms with Gasteiger partial charge in [0.1, 0.15) is 6.04 Å². The number of hydrogen-bond donors (Lipinski definition) is 2. The largest absolute Gasteiger partial charge is 0.480 e. The highest BCUT2D eigenvalue weighted by molar-refractivity contribution is 9.10. The number of aliphatic carboxylic acids is 1. The van der Waals surface area contributed by atoms with Crippen LogP contribution in [0.4, 0.5) is 5.69 Å². The zero-order chi connectivity index (χ0) is 15.6. The van der Waals surface area contributed by atoms with Crippen LogP contribution in [0.1, 0.15) is 19.3 Å². The van der Waals surface area contributed by atoms with Gasteiger partial charge in [-0.3, -0.25) is 9.52 Å². The molecule has 1 aliphatic rings. The van der Waals surface area contributed by atoms with Gasteiger partial charge in [-0.2, -0.15) is 12.7 Å². The van der Waals surface area contributed by atoms with E-state index in [-0.39, 0.29) is 6.54 Å². The first-order valence-electron chi connectivity index (χ1n) is 6.29. The summed E-state index contributed by atoms with van der Waals surface area (Å²) in [5.74, 6) is -1.13. The van der Waals surface area contributed by atoms with E-state index in [1.165, 1.54) is 12.1 Å². The fourth-order valence-corrected chi connectivity index (χ4v) is 4.15. The lowest BCUT2D eigenvalue weighted by Crippen LogP contribution is -2.49. The van der Waals surface area contributed by atoms with Crippen LogP contribution in [0.15, 0.2) is 22.7 Å². The molecule has 0 aliphatic carbocycles. The van der Waals surface area contributed by atoms with Crippen LogP contribution in [-0.4, -0.2) is 36.4 Å². The minimum Gasteiger partial charge on any atom is -0.480 e. The first kappa shape index (κ1) is 16.5. The molecule has 1 heterocycles. The van der Waals surface area contributed by atoms with E-state index in [0.29, 0.717) is 34.4 Å². The van der Waals surface area contributed by atoms with Crippen molar-refractivity contribution in [2.24, 2.45) is 0 Å². The van der Waals surface area contributed by atoms with E-state index in [0.717, 1.165) is 4.31 Å². The Bertz CT molecular complexity index is 653. The van der Waals surface area contributed by atoms with Gasteiger partial charge in [-0.1, -0.05) is 11.6 Å². The molecule has 6 nitrogen and oxygen atoms in total. The quantitative estimate of drug-likeness (QED) is 0.818. The normalized spacial score (nSPS) is 20.2. The Hall–Kier alpha value is -0.830. The van der Waals surface area contributed by atoms with Crippen molar-refractivity contribution in [1.29, 1.82) is 0 Å². The molecule has 1 fully saturated rings. The molecule has 1 unspecified atom stereocenters. The summed E-state index contributed by atoms with van der Waals surface area (Å²) in [6, 6.07) is 3.57. The predicted octanol–water partition coefficient (Wildman–Crippen LogP) is 2.70. The Morgan fingerprint density at radius 3 is 2.76 bits per heavy atom. The lowest BCUT2D eigenvalue weighted by atomic mass is 10.1. The van der Waals surface area contributed by atoms with Gasteiger partial charge in [0.05, 0.1) is 10.7 Å². The number of nitrogens with zero attached hydrogens (tertiary/aromatic N) is 1. The van der Waals surface area contributed by atoms with Crippen LogP contribution < -0.4 is 4.72 Å². The van der Waals surface area contributed by atoms with Crippen LogP contribution in [0, 0.1) is 0 Å². The predicted molar refractivity (Wildman–Crippen MR) is 83.7 cm³/mol. The summed E-state index contributed by atoms with van der Waals surface area (Å²) < 4.78 is 28.7. The smallest absolute Gasteiger partial charge is 0.322 e. The molecule has 2 rings (SSSR count). The SMILES string of the molecule is O=C(O)C1CCCCN1S(=O)(=O)Nc1ccc(Cl)c(Br)c1. The summed E-state index contributed by atoms with van der Waals surface area (Å²) in [4.78, 5) is 11.2. The van der Waals surface area contributed by atoms with E-state index in [1.54, 1.807) is 6.07 Å². The Morgan fingerprint density at radius 1 is 1.43 bits per heavy atom. The van der Waals surface area contributed by atoms with Crippen molar-refractivity contribution in [2.75, 3.05) is 11.3 Å². The van der Waals surface area contributed by atoms with E-state index in [9.17, 15) is 13.2 Å². The summed E-state index contributed by atoms with van der Waals surface area (Å²) in [6.07, 6.45) is 1.67. The third-order valence-electron chi connectivity index (χ3n) is 3.21. The van der Waals surface area contributed by atoms with Crippen molar-refractivity contribution in [3.63, 3.8) is 0 Å². The average Bonchev–Trinajstić information content (AvgIpc) is 2.42. The van der Waals surface area contributed by atoms with E-state index in [2.05, 4.69) is 20.7 Å². The lowest BCUT2D eigenvalue weighted by molar-refractivity contribution is -0.142. The number of anilines is 1. The van der Waals surface area contributed by atoms with Crippen LogP contribution >= 0.6 is 27.5 Å². The van der Waals surface area contributed by atoms with Crippen LogP contribution in [0.2, 0.25) is 5.02 Å². The lowest BCUT2D eigenvalue weighted by Gasteiger charge is -2.31. The fourth-order valence-electron chi connectivity index (χ4n) is 2.21. The number of hydrogen-bond acceptors (Lipinski definition) is 3. The summed E-state index contributed by atoms with van der Waals surface area (Å²) in [5.41, 5.74) is 0.320. The number of halogens is 2. The summed E-state index contributed by atoms with van der Waals surface area (Å²) in [5, 5.41) is 9.62. The molecule has 116 valence electrons. The Labute approximate surface area is 136 Å². The molecule has 21 heavy (non-hydrogen) atoms. The zero-order valence-corrected chi connectivity index (χ0v) is 14.1. The number of carbonyl (C=O) groups is 1. The number of carboxylic acid groups (broad SMARTS) is 1. The molecule has 1 aliphatic heterocycles. The van der Waals surface area contributed by atoms with Gasteiger partial charge in [-0.05, 0) is 53.4 Å². The molecule has 1 aromatic carbocycles. The summed E-state index contributed by atoms with van der Waals surface area (Å²) >= 11 is 9.06. The molecule has 0 spiro atoms. The van der Waals surface area contributed by atoms with Crippen molar-refractivity contribution >= 4 is 49.4 Å². The van der Waals surface area contributed by atoms with Crippen molar-refractivity contribution in [1.82, 2.24) is 4.31 Å². The first-order chi connectivity index (χ1) is 9.81. The summed E-state index contributed by atoms with van der Waals surface area (Å²) in [7, 11) is -3.92. The van der Waals surface area contributed by atoms with Crippen LogP contribution in [0.3, 0.4) is 0 Å². The molecular weight excluding hydrogens is 384 g/mol. The van der Waals surface area contributed by atoms with Gasteiger partial charge >= 0.3 is 16.2 Å². The maximum Gasteiger partial charge on any atom is 0.322 e. The molecule has 1 saturated heterocycles. The van der Waals surface area contributed by atoms with Gasteiger partial charge in [-0.15, -0.1) is 0 Å². The van der Waals surface area contributed by atoms with Crippen molar-refractivity contribution in [3.05, 3.63) is 27.7 Å². The number of carboxylic acids is 1. The van der Waals surface area contributed by atoms with Gasteiger partial charge in [0.2, 0.25) is 0 Å². The fraction of sp³-hybridized carbons (Fsp3) is 0.417. The number of rotatable bonds is 4.